The SMILES string of the molecule is Cc1cc2c(Cl)c(CC(=O)O)ccc2[nH]1. The van der Waals surface area contributed by atoms with Gasteiger partial charge in [0.25, 0.3) is 0 Å². The second kappa shape index (κ2) is 3.59. The average Bonchev–Trinajstić information content (AvgIpc) is 2.51. The van der Waals surface area contributed by atoms with Crippen molar-refractivity contribution >= 4 is 28.5 Å². The lowest BCUT2D eigenvalue weighted by atomic mass is 10.1. The van der Waals surface area contributed by atoms with E-state index in [0.29, 0.717) is 10.6 Å². The summed E-state index contributed by atoms with van der Waals surface area (Å²) in [5.74, 6) is -0.872. The predicted molar refractivity (Wildman–Crippen MR) is 59.4 cm³/mol. The molecule has 0 aliphatic carbocycles. The predicted octanol–water partition coefficient (Wildman–Crippen LogP) is 2.76. The summed E-state index contributed by atoms with van der Waals surface area (Å²) in [7, 11) is 0. The molecule has 0 aliphatic rings. The van der Waals surface area contributed by atoms with Crippen LogP contribution in [0.5, 0.6) is 0 Å². The largest absolute Gasteiger partial charge is 0.481 e. The third-order valence-electron chi connectivity index (χ3n) is 2.29. The van der Waals surface area contributed by atoms with Crippen molar-refractivity contribution in [1.29, 1.82) is 0 Å². The lowest BCUT2D eigenvalue weighted by Gasteiger charge is -2.01. The van der Waals surface area contributed by atoms with E-state index in [1.165, 1.54) is 0 Å². The molecule has 78 valence electrons. The average molecular weight is 224 g/mol. The van der Waals surface area contributed by atoms with E-state index in [2.05, 4.69) is 4.98 Å². The molecule has 0 amide bonds. The van der Waals surface area contributed by atoms with E-state index in [1.807, 2.05) is 19.1 Å². The van der Waals surface area contributed by atoms with Crippen molar-refractivity contribution in [2.75, 3.05) is 0 Å². The van der Waals surface area contributed by atoms with Gasteiger partial charge in [0.1, 0.15) is 0 Å². The first-order valence-electron chi connectivity index (χ1n) is 4.56. The van der Waals surface area contributed by atoms with E-state index in [9.17, 15) is 4.79 Å². The van der Waals surface area contributed by atoms with Crippen LogP contribution in [0.3, 0.4) is 0 Å². The van der Waals surface area contributed by atoms with Crippen LogP contribution in [0.15, 0.2) is 18.2 Å². The number of carbonyl (C=O) groups is 1. The summed E-state index contributed by atoms with van der Waals surface area (Å²) in [5, 5.41) is 10.1. The number of rotatable bonds is 2. The molecule has 15 heavy (non-hydrogen) atoms. The van der Waals surface area contributed by atoms with Gasteiger partial charge < -0.3 is 10.1 Å². The maximum Gasteiger partial charge on any atom is 0.307 e. The van der Waals surface area contributed by atoms with E-state index in [-0.39, 0.29) is 6.42 Å². The third kappa shape index (κ3) is 1.83. The first kappa shape index (κ1) is 10.1. The first-order valence-corrected chi connectivity index (χ1v) is 4.94. The number of carboxylic acid groups (broad SMARTS) is 1. The number of aryl methyl sites for hydroxylation is 1. The van der Waals surface area contributed by atoms with E-state index >= 15 is 0 Å². The number of fused-ring (bicyclic) bond motifs is 1. The van der Waals surface area contributed by atoms with Crippen LogP contribution in [0.25, 0.3) is 10.9 Å². The molecule has 0 atom stereocenters. The second-order valence-corrected chi connectivity index (χ2v) is 3.90. The van der Waals surface area contributed by atoms with E-state index in [0.717, 1.165) is 16.6 Å². The number of aliphatic carboxylic acids is 1. The van der Waals surface area contributed by atoms with Gasteiger partial charge in [-0.1, -0.05) is 17.7 Å². The molecule has 0 unspecified atom stereocenters. The zero-order valence-electron chi connectivity index (χ0n) is 8.17. The van der Waals surface area contributed by atoms with Crippen LogP contribution < -0.4 is 0 Å². The van der Waals surface area contributed by atoms with Gasteiger partial charge in [-0.05, 0) is 24.6 Å². The van der Waals surface area contributed by atoms with Gasteiger partial charge in [-0.15, -0.1) is 0 Å². The highest BCUT2D eigenvalue weighted by Crippen LogP contribution is 2.28. The van der Waals surface area contributed by atoms with Gasteiger partial charge in [0, 0.05) is 16.6 Å². The maximum absolute atomic E-state index is 10.6. The molecule has 0 aliphatic heterocycles. The van der Waals surface area contributed by atoms with Gasteiger partial charge in [0.15, 0.2) is 0 Å². The Morgan fingerprint density at radius 3 is 2.93 bits per heavy atom. The minimum Gasteiger partial charge on any atom is -0.481 e. The van der Waals surface area contributed by atoms with Crippen LogP contribution in [0, 0.1) is 6.92 Å². The van der Waals surface area contributed by atoms with Crippen LogP contribution >= 0.6 is 11.6 Å². The Morgan fingerprint density at radius 2 is 2.27 bits per heavy atom. The summed E-state index contributed by atoms with van der Waals surface area (Å²) in [6.45, 7) is 1.94. The van der Waals surface area contributed by atoms with Gasteiger partial charge in [-0.3, -0.25) is 4.79 Å². The highest BCUT2D eigenvalue weighted by atomic mass is 35.5. The highest BCUT2D eigenvalue weighted by molar-refractivity contribution is 6.36. The van der Waals surface area contributed by atoms with Gasteiger partial charge in [-0.2, -0.15) is 0 Å². The van der Waals surface area contributed by atoms with Crippen molar-refractivity contribution in [1.82, 2.24) is 4.98 Å². The lowest BCUT2D eigenvalue weighted by molar-refractivity contribution is -0.136. The number of hydrogen-bond acceptors (Lipinski definition) is 1. The number of hydrogen-bond donors (Lipinski definition) is 2. The number of halogens is 1. The quantitative estimate of drug-likeness (QED) is 0.823. The van der Waals surface area contributed by atoms with Crippen molar-refractivity contribution in [2.24, 2.45) is 0 Å². The van der Waals surface area contributed by atoms with Gasteiger partial charge in [0.05, 0.1) is 11.4 Å². The first-order chi connectivity index (χ1) is 7.08. The summed E-state index contributed by atoms with van der Waals surface area (Å²) >= 11 is 6.12. The van der Waals surface area contributed by atoms with Gasteiger partial charge >= 0.3 is 5.97 Å². The van der Waals surface area contributed by atoms with E-state index in [4.69, 9.17) is 16.7 Å². The Morgan fingerprint density at radius 1 is 1.53 bits per heavy atom. The summed E-state index contributed by atoms with van der Waals surface area (Å²) < 4.78 is 0. The Bertz CT molecular complexity index is 531. The molecule has 0 bridgehead atoms. The normalized spacial score (nSPS) is 10.8. The molecule has 1 heterocycles. The highest BCUT2D eigenvalue weighted by Gasteiger charge is 2.09. The molecule has 0 fully saturated rings. The third-order valence-corrected chi connectivity index (χ3v) is 2.74. The van der Waals surface area contributed by atoms with Crippen LogP contribution in [-0.2, 0) is 11.2 Å². The summed E-state index contributed by atoms with van der Waals surface area (Å²) in [6.07, 6.45) is -0.0427. The fraction of sp³-hybridized carbons (Fsp3) is 0.182. The molecule has 0 radical (unpaired) electrons. The van der Waals surface area contributed by atoms with Gasteiger partial charge in [0.2, 0.25) is 0 Å². The smallest absolute Gasteiger partial charge is 0.307 e. The number of H-pyrrole nitrogens is 1. The van der Waals surface area contributed by atoms with Crippen molar-refractivity contribution in [3.63, 3.8) is 0 Å². The minimum absolute atomic E-state index is 0.0427. The number of benzene rings is 1. The second-order valence-electron chi connectivity index (χ2n) is 3.52. The van der Waals surface area contributed by atoms with Crippen molar-refractivity contribution in [2.45, 2.75) is 13.3 Å². The number of nitrogens with one attached hydrogen (secondary N) is 1. The Kier molecular flexibility index (Phi) is 2.40. The monoisotopic (exact) mass is 223 g/mol. The summed E-state index contributed by atoms with van der Waals surface area (Å²) in [6, 6.07) is 5.52. The molecular formula is C11H10ClNO2. The zero-order valence-corrected chi connectivity index (χ0v) is 8.93. The van der Waals surface area contributed by atoms with Crippen molar-refractivity contribution in [3.8, 4) is 0 Å². The molecule has 1 aromatic carbocycles. The lowest BCUT2D eigenvalue weighted by Crippen LogP contribution is -2.00. The van der Waals surface area contributed by atoms with Crippen LogP contribution in [0.4, 0.5) is 0 Å². The molecule has 2 aromatic rings. The summed E-state index contributed by atoms with van der Waals surface area (Å²) in [5.41, 5.74) is 2.60. The Labute approximate surface area is 91.7 Å². The molecule has 0 saturated heterocycles. The summed E-state index contributed by atoms with van der Waals surface area (Å²) in [4.78, 5) is 13.7. The van der Waals surface area contributed by atoms with E-state index in [1.54, 1.807) is 6.07 Å². The molecule has 2 N–H and O–H groups in total. The Balaban J connectivity index is 2.58. The number of aromatic amines is 1. The van der Waals surface area contributed by atoms with Crippen LogP contribution in [-0.4, -0.2) is 16.1 Å². The minimum atomic E-state index is -0.872. The van der Waals surface area contributed by atoms with Crippen LogP contribution in [0.1, 0.15) is 11.3 Å². The molecule has 2 rings (SSSR count). The fourth-order valence-electron chi connectivity index (χ4n) is 1.65. The number of aromatic nitrogens is 1. The van der Waals surface area contributed by atoms with E-state index < -0.39 is 5.97 Å². The topological polar surface area (TPSA) is 53.1 Å². The van der Waals surface area contributed by atoms with Crippen molar-refractivity contribution in [3.05, 3.63) is 34.5 Å². The molecule has 0 saturated carbocycles. The number of carboxylic acids is 1. The molecule has 4 heteroatoms. The molecule has 1 aromatic heterocycles. The van der Waals surface area contributed by atoms with Gasteiger partial charge in [-0.25, -0.2) is 0 Å². The maximum atomic E-state index is 10.6. The standard InChI is InChI=1S/C11H10ClNO2/c1-6-4-8-9(13-6)3-2-7(11(8)12)5-10(14)15/h2-4,13H,5H2,1H3,(H,14,15). The molecule has 0 spiro atoms. The molecular weight excluding hydrogens is 214 g/mol. The van der Waals surface area contributed by atoms with Crippen molar-refractivity contribution < 1.29 is 9.90 Å². The Hall–Kier alpha value is -1.48. The molecule has 3 nitrogen and oxygen atoms in total. The fourth-order valence-corrected chi connectivity index (χ4v) is 1.94. The van der Waals surface area contributed by atoms with Crippen LogP contribution in [0.2, 0.25) is 5.02 Å². The zero-order chi connectivity index (χ0) is 11.0.